The van der Waals surface area contributed by atoms with Gasteiger partial charge in [0.25, 0.3) is 5.91 Å². The van der Waals surface area contributed by atoms with Crippen LogP contribution in [0.3, 0.4) is 0 Å². The minimum absolute atomic E-state index is 0.0752. The molecule has 0 unspecified atom stereocenters. The van der Waals surface area contributed by atoms with E-state index in [1.165, 1.54) is 11.1 Å². The largest absolute Gasteiger partial charge is 0.481 e. The molecule has 0 spiro atoms. The summed E-state index contributed by atoms with van der Waals surface area (Å²) in [5, 5.41) is 3.03. The van der Waals surface area contributed by atoms with Crippen molar-refractivity contribution >= 4 is 5.91 Å². The van der Waals surface area contributed by atoms with Crippen molar-refractivity contribution in [3.63, 3.8) is 0 Å². The highest BCUT2D eigenvalue weighted by molar-refractivity contribution is 5.80. The highest BCUT2D eigenvalue weighted by Crippen LogP contribution is 2.17. The molecule has 0 aliphatic rings. The van der Waals surface area contributed by atoms with Gasteiger partial charge in [0.05, 0.1) is 0 Å². The maximum Gasteiger partial charge on any atom is 0.260 e. The van der Waals surface area contributed by atoms with E-state index in [-0.39, 0.29) is 11.9 Å². The third kappa shape index (κ3) is 5.41. The number of hydrogen-bond acceptors (Lipinski definition) is 2. The van der Waals surface area contributed by atoms with E-state index in [1.807, 2.05) is 50.2 Å². The van der Waals surface area contributed by atoms with Crippen LogP contribution in [-0.2, 0) is 11.2 Å². The van der Waals surface area contributed by atoms with Crippen LogP contribution in [0.25, 0.3) is 0 Å². The molecule has 0 aliphatic carbocycles. The highest BCUT2D eigenvalue weighted by atomic mass is 16.5. The molecular formula is C21H27NO2. The average Bonchev–Trinajstić information content (AvgIpc) is 2.57. The number of aryl methyl sites for hydroxylation is 3. The van der Waals surface area contributed by atoms with Crippen LogP contribution in [0.1, 0.15) is 37.0 Å². The van der Waals surface area contributed by atoms with E-state index < -0.39 is 6.10 Å². The second kappa shape index (κ2) is 8.53. The molecule has 0 heterocycles. The third-order valence-electron chi connectivity index (χ3n) is 4.26. The number of benzene rings is 2. The van der Waals surface area contributed by atoms with Gasteiger partial charge in [0, 0.05) is 6.04 Å². The molecule has 0 saturated heterocycles. The lowest BCUT2D eigenvalue weighted by molar-refractivity contribution is -0.127. The van der Waals surface area contributed by atoms with Gasteiger partial charge in [0.2, 0.25) is 0 Å². The molecule has 2 atom stereocenters. The number of rotatable bonds is 7. The van der Waals surface area contributed by atoms with Crippen molar-refractivity contribution in [2.45, 2.75) is 52.7 Å². The molecule has 0 saturated carbocycles. The first-order valence-corrected chi connectivity index (χ1v) is 8.54. The Morgan fingerprint density at radius 2 is 1.75 bits per heavy atom. The highest BCUT2D eigenvalue weighted by Gasteiger charge is 2.17. The smallest absolute Gasteiger partial charge is 0.260 e. The minimum Gasteiger partial charge on any atom is -0.481 e. The molecule has 0 bridgehead atoms. The Morgan fingerprint density at radius 1 is 1.04 bits per heavy atom. The van der Waals surface area contributed by atoms with Crippen molar-refractivity contribution in [1.82, 2.24) is 5.32 Å². The maximum absolute atomic E-state index is 12.3. The fraction of sp³-hybridized carbons (Fsp3) is 0.381. The number of ether oxygens (including phenoxy) is 1. The topological polar surface area (TPSA) is 38.3 Å². The van der Waals surface area contributed by atoms with E-state index in [1.54, 1.807) is 6.92 Å². The Bertz CT molecular complexity index is 667. The molecule has 0 radical (unpaired) electrons. The van der Waals surface area contributed by atoms with Gasteiger partial charge in [-0.2, -0.15) is 0 Å². The number of nitrogens with one attached hydrogen (secondary N) is 1. The van der Waals surface area contributed by atoms with Gasteiger partial charge in [-0.3, -0.25) is 4.79 Å². The Hall–Kier alpha value is -2.29. The normalized spacial score (nSPS) is 13.2. The summed E-state index contributed by atoms with van der Waals surface area (Å²) in [7, 11) is 0. The van der Waals surface area contributed by atoms with E-state index in [9.17, 15) is 4.79 Å². The first kappa shape index (κ1) is 18.1. The summed E-state index contributed by atoms with van der Waals surface area (Å²) in [5.41, 5.74) is 3.67. The lowest BCUT2D eigenvalue weighted by Gasteiger charge is -2.19. The summed E-state index contributed by atoms with van der Waals surface area (Å²) >= 11 is 0. The molecule has 24 heavy (non-hydrogen) atoms. The fourth-order valence-electron chi connectivity index (χ4n) is 2.51. The van der Waals surface area contributed by atoms with Gasteiger partial charge in [-0.05, 0) is 69.4 Å². The Labute approximate surface area is 145 Å². The number of hydrogen-bond donors (Lipinski definition) is 1. The molecule has 1 N–H and O–H groups in total. The maximum atomic E-state index is 12.3. The zero-order valence-electron chi connectivity index (χ0n) is 15.0. The van der Waals surface area contributed by atoms with Crippen LogP contribution in [0.5, 0.6) is 5.75 Å². The van der Waals surface area contributed by atoms with E-state index in [0.29, 0.717) is 0 Å². The van der Waals surface area contributed by atoms with Crippen LogP contribution in [0, 0.1) is 13.8 Å². The molecule has 0 aromatic heterocycles. The minimum atomic E-state index is -0.508. The Balaban J connectivity index is 1.80. The van der Waals surface area contributed by atoms with E-state index >= 15 is 0 Å². The van der Waals surface area contributed by atoms with Crippen molar-refractivity contribution < 1.29 is 9.53 Å². The van der Waals surface area contributed by atoms with E-state index in [2.05, 4.69) is 24.4 Å². The van der Waals surface area contributed by atoms with Gasteiger partial charge in [0.15, 0.2) is 6.10 Å². The number of carbonyl (C=O) groups excluding carboxylic acids is 1. The van der Waals surface area contributed by atoms with Crippen LogP contribution < -0.4 is 10.1 Å². The van der Waals surface area contributed by atoms with Crippen molar-refractivity contribution in [3.05, 3.63) is 65.2 Å². The second-order valence-electron chi connectivity index (χ2n) is 6.44. The number of amides is 1. The summed E-state index contributed by atoms with van der Waals surface area (Å²) in [4.78, 5) is 12.3. The molecule has 1 amide bonds. The SMILES string of the molecule is Cc1ccc(O[C@@H](C)C(=O)N[C@H](C)CCc2ccccc2)cc1C. The van der Waals surface area contributed by atoms with Gasteiger partial charge in [-0.15, -0.1) is 0 Å². The van der Waals surface area contributed by atoms with Crippen molar-refractivity contribution in [3.8, 4) is 5.75 Å². The van der Waals surface area contributed by atoms with Crippen LogP contribution in [0.4, 0.5) is 0 Å². The van der Waals surface area contributed by atoms with Gasteiger partial charge < -0.3 is 10.1 Å². The van der Waals surface area contributed by atoms with Crippen LogP contribution in [-0.4, -0.2) is 18.1 Å². The zero-order valence-corrected chi connectivity index (χ0v) is 15.0. The monoisotopic (exact) mass is 325 g/mol. The lowest BCUT2D eigenvalue weighted by Crippen LogP contribution is -2.41. The summed E-state index contributed by atoms with van der Waals surface area (Å²) in [6.07, 6.45) is 1.35. The molecular weight excluding hydrogens is 298 g/mol. The van der Waals surface area contributed by atoms with Crippen LogP contribution in [0.15, 0.2) is 48.5 Å². The molecule has 2 rings (SSSR count). The fourth-order valence-corrected chi connectivity index (χ4v) is 2.51. The molecule has 2 aromatic carbocycles. The van der Waals surface area contributed by atoms with Gasteiger partial charge >= 0.3 is 0 Å². The van der Waals surface area contributed by atoms with Gasteiger partial charge in [-0.25, -0.2) is 0 Å². The predicted molar refractivity (Wildman–Crippen MR) is 98.4 cm³/mol. The molecule has 3 nitrogen and oxygen atoms in total. The van der Waals surface area contributed by atoms with Crippen molar-refractivity contribution in [1.29, 1.82) is 0 Å². The average molecular weight is 325 g/mol. The predicted octanol–water partition coefficient (Wildman–Crippen LogP) is 4.21. The quantitative estimate of drug-likeness (QED) is 0.828. The molecule has 0 fully saturated rings. The van der Waals surface area contributed by atoms with E-state index in [4.69, 9.17) is 4.74 Å². The molecule has 2 aromatic rings. The first-order valence-electron chi connectivity index (χ1n) is 8.54. The van der Waals surface area contributed by atoms with E-state index in [0.717, 1.165) is 24.2 Å². The van der Waals surface area contributed by atoms with Gasteiger partial charge in [0.1, 0.15) is 5.75 Å². The lowest BCUT2D eigenvalue weighted by atomic mass is 10.1. The third-order valence-corrected chi connectivity index (χ3v) is 4.26. The van der Waals surface area contributed by atoms with Crippen LogP contribution in [0.2, 0.25) is 0 Å². The molecule has 0 aliphatic heterocycles. The second-order valence-corrected chi connectivity index (χ2v) is 6.44. The van der Waals surface area contributed by atoms with Crippen molar-refractivity contribution in [2.75, 3.05) is 0 Å². The first-order chi connectivity index (χ1) is 11.5. The number of carbonyl (C=O) groups is 1. The molecule has 3 heteroatoms. The van der Waals surface area contributed by atoms with Crippen molar-refractivity contribution in [2.24, 2.45) is 0 Å². The Kier molecular flexibility index (Phi) is 6.42. The van der Waals surface area contributed by atoms with Gasteiger partial charge in [-0.1, -0.05) is 36.4 Å². The summed E-state index contributed by atoms with van der Waals surface area (Å²) in [5.74, 6) is 0.659. The molecule has 128 valence electrons. The standard InChI is InChI=1S/C21H27NO2/c1-15-10-13-20(14-16(15)2)24-18(4)21(23)22-17(3)11-12-19-8-6-5-7-9-19/h5-10,13-14,17-18H,11-12H2,1-4H3,(H,22,23)/t17-,18+/m1/s1. The van der Waals surface area contributed by atoms with Crippen LogP contribution >= 0.6 is 0 Å². The summed E-state index contributed by atoms with van der Waals surface area (Å²) in [6.45, 7) is 7.92. The Morgan fingerprint density at radius 3 is 2.42 bits per heavy atom. The summed E-state index contributed by atoms with van der Waals surface area (Å²) in [6, 6.07) is 16.3. The summed E-state index contributed by atoms with van der Waals surface area (Å²) < 4.78 is 5.76. The zero-order chi connectivity index (χ0) is 17.5.